The number of aromatic nitrogens is 1. The van der Waals surface area contributed by atoms with Crippen LogP contribution in [0.15, 0.2) is 16.9 Å². The predicted octanol–water partition coefficient (Wildman–Crippen LogP) is 2.66. The standard InChI is InChI=1S/C18H25FN4O.C2HF3O2/c1-10(2)23-16(24)6-12(8-20)14-7-15(19)18(11(3)17(14)23)22-5-4-13(21)9-22;3-2(4,5)1(6)7/h6-7,10,13H,4-5,8-9,20-21H2,1-3H3;(H,6,7)/t13-;/m0./s1. The Balaban J connectivity index is 0.000000423. The van der Waals surface area contributed by atoms with Gasteiger partial charge in [0.1, 0.15) is 5.82 Å². The van der Waals surface area contributed by atoms with E-state index in [9.17, 15) is 22.4 Å². The lowest BCUT2D eigenvalue weighted by molar-refractivity contribution is -0.192. The molecule has 0 amide bonds. The Morgan fingerprint density at radius 3 is 2.32 bits per heavy atom. The molecule has 7 nitrogen and oxygen atoms in total. The van der Waals surface area contributed by atoms with Gasteiger partial charge in [-0.05, 0) is 44.4 Å². The molecule has 31 heavy (non-hydrogen) atoms. The van der Waals surface area contributed by atoms with Gasteiger partial charge in [0.2, 0.25) is 0 Å². The molecule has 2 aromatic rings. The first-order valence-corrected chi connectivity index (χ1v) is 9.67. The molecular formula is C20H26F4N4O3. The van der Waals surface area contributed by atoms with Crippen molar-refractivity contribution in [3.05, 3.63) is 39.4 Å². The summed E-state index contributed by atoms with van der Waals surface area (Å²) >= 11 is 0. The summed E-state index contributed by atoms with van der Waals surface area (Å²) in [6.45, 7) is 7.35. The van der Waals surface area contributed by atoms with Gasteiger partial charge in [0.15, 0.2) is 0 Å². The lowest BCUT2D eigenvalue weighted by Crippen LogP contribution is -2.29. The number of carboxylic acid groups (broad SMARTS) is 1. The number of fused-ring (bicyclic) bond motifs is 1. The molecule has 0 unspecified atom stereocenters. The predicted molar refractivity (Wildman–Crippen MR) is 110 cm³/mol. The van der Waals surface area contributed by atoms with E-state index in [1.165, 1.54) is 12.1 Å². The van der Waals surface area contributed by atoms with Crippen LogP contribution in [-0.2, 0) is 11.3 Å². The summed E-state index contributed by atoms with van der Waals surface area (Å²) < 4.78 is 48.4. The van der Waals surface area contributed by atoms with Gasteiger partial charge in [-0.2, -0.15) is 13.2 Å². The lowest BCUT2D eigenvalue weighted by atomic mass is 10.0. The van der Waals surface area contributed by atoms with Crippen molar-refractivity contribution in [3.8, 4) is 0 Å². The number of hydrogen-bond donors (Lipinski definition) is 3. The van der Waals surface area contributed by atoms with Crippen molar-refractivity contribution in [2.75, 3.05) is 18.0 Å². The molecule has 1 aromatic carbocycles. The van der Waals surface area contributed by atoms with E-state index in [0.29, 0.717) is 23.2 Å². The molecule has 1 aliphatic rings. The molecule has 0 aliphatic carbocycles. The van der Waals surface area contributed by atoms with Crippen molar-refractivity contribution in [1.29, 1.82) is 0 Å². The Kier molecular flexibility index (Phi) is 7.32. The molecule has 1 atom stereocenters. The summed E-state index contributed by atoms with van der Waals surface area (Å²) in [6.07, 6.45) is -4.24. The smallest absolute Gasteiger partial charge is 0.475 e. The second-order valence-corrected chi connectivity index (χ2v) is 7.70. The number of rotatable bonds is 3. The van der Waals surface area contributed by atoms with Crippen LogP contribution in [0.2, 0.25) is 0 Å². The SMILES string of the molecule is Cc1c(N2CC[C@H](N)C2)c(F)cc2c(CN)cc(=O)n(C(C)C)c12.O=C(O)C(F)(F)F. The number of alkyl halides is 3. The molecule has 1 saturated heterocycles. The van der Waals surface area contributed by atoms with Crippen LogP contribution in [0, 0.1) is 12.7 Å². The summed E-state index contributed by atoms with van der Waals surface area (Å²) in [7, 11) is 0. The molecule has 0 saturated carbocycles. The number of aryl methyl sites for hydroxylation is 1. The highest BCUT2D eigenvalue weighted by atomic mass is 19.4. The normalized spacial score (nSPS) is 16.6. The molecule has 0 radical (unpaired) electrons. The quantitative estimate of drug-likeness (QED) is 0.625. The Labute approximate surface area is 176 Å². The van der Waals surface area contributed by atoms with E-state index in [1.54, 1.807) is 4.57 Å². The van der Waals surface area contributed by atoms with Crippen molar-refractivity contribution >= 4 is 22.6 Å². The topological polar surface area (TPSA) is 115 Å². The van der Waals surface area contributed by atoms with Crippen LogP contribution >= 0.6 is 0 Å². The minimum absolute atomic E-state index is 0.0235. The molecule has 2 heterocycles. The molecule has 0 spiro atoms. The number of pyridine rings is 1. The lowest BCUT2D eigenvalue weighted by Gasteiger charge is -2.25. The van der Waals surface area contributed by atoms with Crippen LogP contribution in [0.25, 0.3) is 10.9 Å². The number of carbonyl (C=O) groups is 1. The Morgan fingerprint density at radius 2 is 1.90 bits per heavy atom. The van der Waals surface area contributed by atoms with E-state index in [4.69, 9.17) is 21.4 Å². The van der Waals surface area contributed by atoms with Crippen LogP contribution in [0.1, 0.15) is 37.4 Å². The van der Waals surface area contributed by atoms with E-state index >= 15 is 0 Å². The molecule has 1 aromatic heterocycles. The number of halogens is 4. The number of carboxylic acids is 1. The zero-order valence-electron chi connectivity index (χ0n) is 17.5. The van der Waals surface area contributed by atoms with E-state index in [0.717, 1.165) is 24.0 Å². The van der Waals surface area contributed by atoms with Crippen molar-refractivity contribution in [2.24, 2.45) is 11.5 Å². The van der Waals surface area contributed by atoms with Gasteiger partial charge in [-0.25, -0.2) is 9.18 Å². The fourth-order valence-electron chi connectivity index (χ4n) is 3.78. The fraction of sp³-hybridized carbons (Fsp3) is 0.500. The second kappa shape index (κ2) is 9.23. The Hall–Kier alpha value is -2.66. The van der Waals surface area contributed by atoms with Gasteiger partial charge < -0.3 is 26.0 Å². The minimum Gasteiger partial charge on any atom is -0.475 e. The van der Waals surface area contributed by atoms with Crippen LogP contribution < -0.4 is 21.9 Å². The number of nitrogens with zero attached hydrogens (tertiary/aromatic N) is 2. The zero-order chi connectivity index (χ0) is 23.7. The van der Waals surface area contributed by atoms with Crippen molar-refractivity contribution in [2.45, 2.75) is 52.0 Å². The highest BCUT2D eigenvalue weighted by molar-refractivity contribution is 5.90. The number of benzene rings is 1. The average Bonchev–Trinajstić information content (AvgIpc) is 3.07. The number of nitrogens with two attached hydrogens (primary N) is 2. The van der Waals surface area contributed by atoms with Crippen LogP contribution in [0.3, 0.4) is 0 Å². The van der Waals surface area contributed by atoms with Crippen molar-refractivity contribution < 1.29 is 27.5 Å². The molecule has 1 aliphatic heterocycles. The molecule has 3 rings (SSSR count). The fourth-order valence-corrected chi connectivity index (χ4v) is 3.78. The summed E-state index contributed by atoms with van der Waals surface area (Å²) in [4.78, 5) is 23.4. The zero-order valence-corrected chi connectivity index (χ0v) is 17.5. The Morgan fingerprint density at radius 1 is 1.32 bits per heavy atom. The third-order valence-electron chi connectivity index (χ3n) is 5.10. The van der Waals surface area contributed by atoms with Crippen molar-refractivity contribution in [1.82, 2.24) is 4.57 Å². The third kappa shape index (κ3) is 5.16. The van der Waals surface area contributed by atoms with Crippen LogP contribution in [0.5, 0.6) is 0 Å². The molecule has 5 N–H and O–H groups in total. The summed E-state index contributed by atoms with van der Waals surface area (Å²) in [5.74, 6) is -3.04. The van der Waals surface area contributed by atoms with Gasteiger partial charge in [0.05, 0.1) is 11.2 Å². The van der Waals surface area contributed by atoms with Gasteiger partial charge >= 0.3 is 12.1 Å². The van der Waals surface area contributed by atoms with Gasteiger partial charge in [-0.15, -0.1) is 0 Å². The van der Waals surface area contributed by atoms with E-state index in [-0.39, 0.29) is 30.0 Å². The van der Waals surface area contributed by atoms with Gasteiger partial charge in [0, 0.05) is 43.2 Å². The molecule has 0 bridgehead atoms. The van der Waals surface area contributed by atoms with E-state index in [2.05, 4.69) is 0 Å². The van der Waals surface area contributed by atoms with Crippen LogP contribution in [-0.4, -0.2) is 41.0 Å². The molecule has 11 heteroatoms. The van der Waals surface area contributed by atoms with E-state index < -0.39 is 12.1 Å². The first kappa shape index (κ1) is 24.6. The summed E-state index contributed by atoms with van der Waals surface area (Å²) in [5, 5.41) is 7.84. The largest absolute Gasteiger partial charge is 0.490 e. The molecule has 172 valence electrons. The summed E-state index contributed by atoms with van der Waals surface area (Å²) in [6, 6.07) is 3.07. The number of aliphatic carboxylic acids is 1. The summed E-state index contributed by atoms with van der Waals surface area (Å²) in [5.41, 5.74) is 14.5. The van der Waals surface area contributed by atoms with E-state index in [1.807, 2.05) is 25.7 Å². The average molecular weight is 446 g/mol. The number of anilines is 1. The van der Waals surface area contributed by atoms with Gasteiger partial charge in [-0.3, -0.25) is 4.79 Å². The third-order valence-corrected chi connectivity index (χ3v) is 5.10. The highest BCUT2D eigenvalue weighted by Gasteiger charge is 2.38. The van der Waals surface area contributed by atoms with Gasteiger partial charge in [-0.1, -0.05) is 0 Å². The monoisotopic (exact) mass is 446 g/mol. The maximum Gasteiger partial charge on any atom is 0.490 e. The van der Waals surface area contributed by atoms with Gasteiger partial charge in [0.25, 0.3) is 5.56 Å². The molecular weight excluding hydrogens is 420 g/mol. The highest BCUT2D eigenvalue weighted by Crippen LogP contribution is 2.34. The van der Waals surface area contributed by atoms with Crippen LogP contribution in [0.4, 0.5) is 23.2 Å². The first-order chi connectivity index (χ1) is 14.3. The second-order valence-electron chi connectivity index (χ2n) is 7.70. The first-order valence-electron chi connectivity index (χ1n) is 9.67. The maximum atomic E-state index is 14.9. The molecule has 1 fully saturated rings. The van der Waals surface area contributed by atoms with Crippen molar-refractivity contribution in [3.63, 3.8) is 0 Å². The number of hydrogen-bond acceptors (Lipinski definition) is 5. The Bertz CT molecular complexity index is 1030. The maximum absolute atomic E-state index is 14.9. The minimum atomic E-state index is -5.08.